The molecule has 12 aromatic carbocycles. The third-order valence-corrected chi connectivity index (χ3v) is 30.5. The van der Waals surface area contributed by atoms with Gasteiger partial charge in [-0.05, 0) is 242 Å². The highest BCUT2D eigenvalue weighted by Crippen LogP contribution is 2.41. The van der Waals surface area contributed by atoms with Crippen molar-refractivity contribution in [2.24, 2.45) is 20.7 Å². The second kappa shape index (κ2) is 43.7. The molecule has 0 bridgehead atoms. The molecule has 0 amide bonds. The highest BCUT2D eigenvalue weighted by Gasteiger charge is 2.53. The maximum atomic E-state index is 11.1. The lowest BCUT2D eigenvalue weighted by molar-refractivity contribution is 0.102. The number of alkyl halides is 1. The number of hydrogen-bond donors (Lipinski definition) is 4. The van der Waals surface area contributed by atoms with Crippen molar-refractivity contribution in [2.75, 3.05) is 33.8 Å². The van der Waals surface area contributed by atoms with Crippen LogP contribution >= 0.6 is 63.2 Å². The van der Waals surface area contributed by atoms with Crippen LogP contribution in [-0.4, -0.2) is 92.6 Å². The highest BCUT2D eigenvalue weighted by atomic mass is 79.9. The van der Waals surface area contributed by atoms with Gasteiger partial charge < -0.3 is 43.7 Å². The van der Waals surface area contributed by atoms with Crippen LogP contribution in [-0.2, 0) is 0 Å². The molecule has 3 heterocycles. The summed E-state index contributed by atoms with van der Waals surface area (Å²) in [5.74, 6) is 5.69. The minimum Gasteiger partial charge on any atom is -0.534 e. The quantitative estimate of drug-likeness (QED) is 0.0176. The molecule has 14 nitrogen and oxygen atoms in total. The zero-order chi connectivity index (χ0) is 85.8. The number of phenolic OH excluding ortho intramolecular Hbond substituents is 2. The first-order chi connectivity index (χ1) is 57.8. The monoisotopic (exact) mass is 1880 g/mol. The van der Waals surface area contributed by atoms with E-state index >= 15 is 0 Å². The summed E-state index contributed by atoms with van der Waals surface area (Å²) in [7, 11) is 1.12. The molecule has 12 aromatic rings. The lowest BCUT2D eigenvalue weighted by atomic mass is 10.1. The van der Waals surface area contributed by atoms with Gasteiger partial charge in [0.05, 0.1) is 68.0 Å². The van der Waals surface area contributed by atoms with Crippen LogP contribution in [0.3, 0.4) is 0 Å². The number of ketones is 1. The molecule has 0 fully saturated rings. The summed E-state index contributed by atoms with van der Waals surface area (Å²) in [4.78, 5) is 25.6. The second-order valence-corrected chi connectivity index (χ2v) is 45.3. The standard InChI is InChI=1S/C48H49NO2Si2.C18H17NO2.C16H13NO2.C9H9BrO2.C8H10N2O.BBr3/c1-47(2,3)52(41-19-11-7-12-20-41,42-21-13-8-14-22-42)50-39-31-27-37(28-32-39)45-35-36-46(49-45)38-29-33-40(34-30-38)51-53(48(4,5)6,43-23-15-9-16-24-43)44-25-17-10-18-26-44;1-20-15-7-3-13(4-8-15)17-11-12-18(19-17)14-5-9-16(21-2)10-6-14;18-13-5-1-11(2-6-13)15-9-10-16(17-15)12-3-7-14(19)8-4-12;1-12-8-4-2-7(3-5-8)9(11)6-10;1-11-7-4-2-6(3-5-7)8(9)10;2-1(3)4/h7-35H,36H2,1-6H3;3-11H,12H2,1-2H3;1-9,18-19H,10H2;2-5H,6H2,1H3;2-5H,1H3,(H3,9,10);. The molecule has 120 heavy (non-hydrogen) atoms. The number of ether oxygens (including phenoxy) is 4. The molecule has 612 valence electrons. The molecule has 0 atom stereocenters. The van der Waals surface area contributed by atoms with Gasteiger partial charge in [-0.3, -0.25) is 25.2 Å². The molecule has 3 aliphatic rings. The number of carbonyl (C=O) groups is 1. The minimum atomic E-state index is -2.71. The van der Waals surface area contributed by atoms with Crippen molar-refractivity contribution in [3.05, 3.63) is 378 Å². The normalized spacial score (nSPS) is 12.7. The number of halogens is 4. The van der Waals surface area contributed by atoms with Crippen LogP contribution in [0, 0.1) is 5.41 Å². The van der Waals surface area contributed by atoms with Crippen LogP contribution in [0.5, 0.6) is 46.0 Å². The first kappa shape index (κ1) is 91.1. The topological polar surface area (TPSA) is 200 Å². The van der Waals surface area contributed by atoms with E-state index in [1.54, 1.807) is 101 Å². The Bertz CT molecular complexity index is 5430. The first-order valence-electron chi connectivity index (χ1n) is 38.9. The van der Waals surface area contributed by atoms with E-state index < -0.39 is 16.6 Å². The summed E-state index contributed by atoms with van der Waals surface area (Å²) in [6.45, 7) is 13.8. The fraction of sp³-hybridized carbons (Fsp3) is 0.162. The number of aromatic hydroxyl groups is 2. The fourth-order valence-electron chi connectivity index (χ4n) is 13.9. The Kier molecular flexibility index (Phi) is 33.2. The maximum absolute atomic E-state index is 11.1. The van der Waals surface area contributed by atoms with Crippen molar-refractivity contribution in [1.82, 2.24) is 0 Å². The third-order valence-electron chi connectivity index (χ3n) is 20.1. The van der Waals surface area contributed by atoms with E-state index in [2.05, 4.69) is 298 Å². The van der Waals surface area contributed by atoms with Gasteiger partial charge in [-0.15, -0.1) is 47.3 Å². The van der Waals surface area contributed by atoms with Crippen LogP contribution in [0.1, 0.15) is 110 Å². The number of nitrogen functional groups attached to an aromatic ring is 1. The van der Waals surface area contributed by atoms with E-state index in [9.17, 15) is 15.0 Å². The molecule has 21 heteroatoms. The van der Waals surface area contributed by atoms with E-state index in [1.165, 1.54) is 20.7 Å². The molecule has 0 saturated carbocycles. The predicted octanol–water partition coefficient (Wildman–Crippen LogP) is 22.5. The molecule has 5 N–H and O–H groups in total. The van der Waals surface area contributed by atoms with Gasteiger partial charge >= 0.3 is 19.8 Å². The summed E-state index contributed by atoms with van der Waals surface area (Å²) in [6, 6.07) is 104. The van der Waals surface area contributed by atoms with Gasteiger partial charge in [-0.2, -0.15) is 0 Å². The first-order valence-corrected chi connectivity index (χ1v) is 46.6. The van der Waals surface area contributed by atoms with Gasteiger partial charge in [0, 0.05) is 47.1 Å². The van der Waals surface area contributed by atoms with E-state index in [4.69, 9.17) is 48.9 Å². The van der Waals surface area contributed by atoms with Gasteiger partial charge in [0.1, 0.15) is 51.8 Å². The van der Waals surface area contributed by atoms with Crippen molar-refractivity contribution in [3.63, 3.8) is 0 Å². The summed E-state index contributed by atoms with van der Waals surface area (Å²) in [5, 5.41) is 30.9. The van der Waals surface area contributed by atoms with Crippen LogP contribution in [0.4, 0.5) is 0 Å². The fourth-order valence-corrected chi connectivity index (χ4v) is 23.1. The molecule has 0 aromatic heterocycles. The summed E-state index contributed by atoms with van der Waals surface area (Å²) in [6.07, 6.45) is 8.86. The van der Waals surface area contributed by atoms with E-state index in [0.29, 0.717) is 16.5 Å². The third kappa shape index (κ3) is 24.3. The van der Waals surface area contributed by atoms with Crippen LogP contribution in [0.25, 0.3) is 17.1 Å². The summed E-state index contributed by atoms with van der Waals surface area (Å²) in [5.41, 5.74) is 19.2. The number of Topliss-reactive ketones (excluding diaryl/α,β-unsaturated/α-hetero) is 1. The Labute approximate surface area is 741 Å². The molecule has 0 radical (unpaired) electrons. The second-order valence-electron chi connectivity index (χ2n) is 29.9. The Morgan fingerprint density at radius 2 is 0.592 bits per heavy atom. The Morgan fingerprint density at radius 3 is 0.833 bits per heavy atom. The zero-order valence-electron chi connectivity index (χ0n) is 68.8. The summed E-state index contributed by atoms with van der Waals surface area (Å²) < 4.78 is 35.0. The lowest BCUT2D eigenvalue weighted by Crippen LogP contribution is -2.68. The number of rotatable bonds is 21. The largest absolute Gasteiger partial charge is 0.534 e. The molecule has 0 spiro atoms. The molecular formula is C99H98BBr4N5O9Si2. The predicted molar refractivity (Wildman–Crippen MR) is 517 cm³/mol. The highest BCUT2D eigenvalue weighted by molar-refractivity contribution is 9.69. The smallest absolute Gasteiger partial charge is 0.369 e. The molecule has 0 saturated heterocycles. The number of aliphatic imine (C=N–C) groups is 3. The number of methoxy groups -OCH3 is 4. The average molecular weight is 1890 g/mol. The summed E-state index contributed by atoms with van der Waals surface area (Å²) >= 11 is 12.4. The van der Waals surface area contributed by atoms with Gasteiger partial charge in [-0.1, -0.05) is 197 Å². The van der Waals surface area contributed by atoms with Gasteiger partial charge in [0.25, 0.3) is 0 Å². The van der Waals surface area contributed by atoms with Crippen LogP contribution in [0.15, 0.2) is 349 Å². The Morgan fingerprint density at radius 1 is 0.367 bits per heavy atom. The number of hydrogen-bond acceptors (Lipinski definition) is 13. The molecular weight excluding hydrogens is 1790 g/mol. The van der Waals surface area contributed by atoms with Crippen LogP contribution in [0.2, 0.25) is 10.1 Å². The van der Waals surface area contributed by atoms with Crippen molar-refractivity contribution in [2.45, 2.75) is 70.9 Å². The maximum Gasteiger partial charge on any atom is 0.369 e. The zero-order valence-corrected chi connectivity index (χ0v) is 77.2. The van der Waals surface area contributed by atoms with Crippen molar-refractivity contribution < 1.29 is 42.8 Å². The lowest BCUT2D eigenvalue weighted by Gasteiger charge is -2.43. The van der Waals surface area contributed by atoms with Crippen molar-refractivity contribution >= 4 is 150 Å². The average Bonchev–Trinajstić information content (AvgIpc) is 0.862. The number of carbonyl (C=O) groups excluding carboxylic acids is 1. The van der Waals surface area contributed by atoms with Gasteiger partial charge in [-0.25, -0.2) is 0 Å². The Hall–Kier alpha value is -11.2. The SMILES string of the molecule is BrB(Br)Br.CC(C)(C)[Si](Oc1ccc(C2=CCC(c3ccc(O[Si](c4ccccc4)(c4ccccc4)C(C)(C)C)cc3)=N2)cc1)(c1ccccc1)c1ccccc1.COc1ccc(C(=N)N)cc1.COc1ccc(C(=O)CBr)cc1.COc1ccc(C2=CCC(c3ccc(OC)cc3)=N2)cc1.Oc1ccc(C2=CCC(c3ccc(O)cc3)=N2)cc1. The number of phenols is 2. The number of amidine groups is 1. The molecule has 0 unspecified atom stereocenters. The number of benzene rings is 12. The number of allylic oxidation sites excluding steroid dienone is 3. The number of nitrogens with zero attached hydrogens (tertiary/aromatic N) is 3. The van der Waals surface area contributed by atoms with E-state index in [1.807, 2.05) is 72.8 Å². The van der Waals surface area contributed by atoms with Crippen molar-refractivity contribution in [1.29, 1.82) is 5.41 Å². The molecule has 15 rings (SSSR count). The van der Waals surface area contributed by atoms with E-state index in [-0.39, 0.29) is 36.4 Å². The Balaban J connectivity index is 0.000000183. The van der Waals surface area contributed by atoms with Crippen LogP contribution < -0.4 is 54.3 Å². The number of nitrogens with two attached hydrogens (primary N) is 1. The van der Waals surface area contributed by atoms with Gasteiger partial charge in [0.2, 0.25) is 0 Å². The molecule has 3 aliphatic heterocycles. The minimum absolute atomic E-state index is 0.0765. The van der Waals surface area contributed by atoms with E-state index in [0.717, 1.165) is 121 Å². The number of nitrogens with one attached hydrogen (secondary N) is 1. The van der Waals surface area contributed by atoms with Gasteiger partial charge in [0.15, 0.2) is 5.78 Å². The van der Waals surface area contributed by atoms with Crippen molar-refractivity contribution in [3.8, 4) is 46.0 Å². The molecule has 0 aliphatic carbocycles.